The van der Waals surface area contributed by atoms with E-state index in [1.165, 1.54) is 0 Å². The van der Waals surface area contributed by atoms with Gasteiger partial charge in [-0.05, 0) is 25.0 Å². The minimum Gasteiger partial charge on any atom is -0.369 e. The van der Waals surface area contributed by atoms with Crippen LogP contribution in [0.5, 0.6) is 0 Å². The Morgan fingerprint density at radius 1 is 1.32 bits per heavy atom. The van der Waals surface area contributed by atoms with Gasteiger partial charge in [-0.1, -0.05) is 23.7 Å². The maximum atomic E-state index is 12.4. The zero-order chi connectivity index (χ0) is 18.4. The average molecular weight is 368 g/mol. The molecule has 1 fully saturated rings. The second-order valence-electron chi connectivity index (χ2n) is 6.42. The van der Waals surface area contributed by atoms with Crippen LogP contribution in [0.4, 0.5) is 5.69 Å². The molecule has 1 aliphatic rings. The highest BCUT2D eigenvalue weighted by Gasteiger charge is 2.28. The van der Waals surface area contributed by atoms with Crippen LogP contribution in [0, 0.1) is 5.92 Å². The van der Waals surface area contributed by atoms with Crippen molar-refractivity contribution in [2.24, 2.45) is 11.7 Å². The van der Waals surface area contributed by atoms with Crippen molar-refractivity contribution in [1.82, 2.24) is 4.90 Å². The number of quaternary nitrogens is 1. The fourth-order valence-electron chi connectivity index (χ4n) is 2.90. The lowest BCUT2D eigenvalue weighted by molar-refractivity contribution is -0.862. The quantitative estimate of drug-likeness (QED) is 0.633. The highest BCUT2D eigenvalue weighted by Crippen LogP contribution is 2.20. The van der Waals surface area contributed by atoms with Gasteiger partial charge in [0.05, 0.1) is 23.7 Å². The molecule has 1 saturated heterocycles. The number of rotatable bonds is 6. The highest BCUT2D eigenvalue weighted by molar-refractivity contribution is 6.33. The molecule has 8 heteroatoms. The first-order valence-electron chi connectivity index (χ1n) is 8.29. The maximum absolute atomic E-state index is 12.4. The number of likely N-dealkylation sites (tertiary alicyclic amines) is 1. The fourth-order valence-corrected chi connectivity index (χ4v) is 3.08. The first kappa shape index (κ1) is 19.2. The van der Waals surface area contributed by atoms with Crippen molar-refractivity contribution >= 4 is 35.0 Å². The van der Waals surface area contributed by atoms with Crippen LogP contribution in [-0.4, -0.2) is 55.8 Å². The molecule has 2 rings (SSSR count). The third-order valence-electron chi connectivity index (χ3n) is 4.24. The summed E-state index contributed by atoms with van der Waals surface area (Å²) < 4.78 is 0. The van der Waals surface area contributed by atoms with Gasteiger partial charge >= 0.3 is 0 Å². The number of amides is 3. The van der Waals surface area contributed by atoms with Crippen molar-refractivity contribution < 1.29 is 19.3 Å². The summed E-state index contributed by atoms with van der Waals surface area (Å²) in [5, 5.41) is 3.21. The van der Waals surface area contributed by atoms with E-state index >= 15 is 0 Å². The number of hydrogen-bond acceptors (Lipinski definition) is 3. The normalized spacial score (nSPS) is 18.5. The third-order valence-corrected chi connectivity index (χ3v) is 4.57. The lowest BCUT2D eigenvalue weighted by Crippen LogP contribution is -3.11. The molecule has 1 heterocycles. The van der Waals surface area contributed by atoms with E-state index in [0.717, 1.165) is 17.7 Å². The van der Waals surface area contributed by atoms with Crippen LogP contribution < -0.4 is 16.0 Å². The standard InChI is InChI=1S/C17H23ClN4O3/c1-21(10-15(23)20-14-7-3-2-6-13(14)18)11-16(24)22-8-4-5-12(9-22)17(19)25/h2-3,6-7,12H,4-5,8-11H2,1H3,(H2,19,25)(H,20,23)/p+1/t12-/m0/s1. The summed E-state index contributed by atoms with van der Waals surface area (Å²) in [6.07, 6.45) is 1.49. The molecule has 25 heavy (non-hydrogen) atoms. The molecule has 1 aliphatic heterocycles. The fraction of sp³-hybridized carbons (Fsp3) is 0.471. The number of para-hydroxylation sites is 1. The van der Waals surface area contributed by atoms with Crippen LogP contribution in [0.15, 0.2) is 24.3 Å². The topological polar surface area (TPSA) is 96.9 Å². The molecular formula is C17H24ClN4O3+. The molecule has 0 aromatic heterocycles. The Hall–Kier alpha value is -2.12. The van der Waals surface area contributed by atoms with E-state index in [4.69, 9.17) is 17.3 Å². The summed E-state index contributed by atoms with van der Waals surface area (Å²) in [5.41, 5.74) is 5.89. The number of nitrogens with one attached hydrogen (secondary N) is 2. The minimum absolute atomic E-state index is 0.0750. The second kappa shape index (κ2) is 8.82. The third kappa shape index (κ3) is 5.72. The van der Waals surface area contributed by atoms with Crippen LogP contribution in [-0.2, 0) is 14.4 Å². The predicted octanol–water partition coefficient (Wildman–Crippen LogP) is -0.483. The molecular weight excluding hydrogens is 344 g/mol. The van der Waals surface area contributed by atoms with Gasteiger partial charge in [0.1, 0.15) is 0 Å². The minimum atomic E-state index is -0.364. The number of likely N-dealkylation sites (N-methyl/N-ethyl adjacent to an activating group) is 1. The van der Waals surface area contributed by atoms with Crippen molar-refractivity contribution in [3.05, 3.63) is 29.3 Å². The number of hydrogen-bond donors (Lipinski definition) is 3. The van der Waals surface area contributed by atoms with E-state index in [-0.39, 0.29) is 36.7 Å². The van der Waals surface area contributed by atoms with E-state index in [0.29, 0.717) is 23.8 Å². The summed E-state index contributed by atoms with van der Waals surface area (Å²) >= 11 is 6.01. The number of benzene rings is 1. The lowest BCUT2D eigenvalue weighted by Gasteiger charge is -2.31. The first-order valence-corrected chi connectivity index (χ1v) is 8.67. The van der Waals surface area contributed by atoms with Crippen molar-refractivity contribution in [2.75, 3.05) is 38.5 Å². The summed E-state index contributed by atoms with van der Waals surface area (Å²) in [6, 6.07) is 6.99. The number of carbonyl (C=O) groups excluding carboxylic acids is 3. The Morgan fingerprint density at radius 2 is 2.04 bits per heavy atom. The van der Waals surface area contributed by atoms with Crippen LogP contribution in [0.1, 0.15) is 12.8 Å². The van der Waals surface area contributed by atoms with Gasteiger partial charge in [0.2, 0.25) is 5.91 Å². The Morgan fingerprint density at radius 3 is 2.72 bits per heavy atom. The van der Waals surface area contributed by atoms with E-state index in [9.17, 15) is 14.4 Å². The SMILES string of the molecule is C[NH+](CC(=O)Nc1ccccc1Cl)CC(=O)N1CCC[C@H](C(N)=O)C1. The first-order chi connectivity index (χ1) is 11.9. The van der Waals surface area contributed by atoms with E-state index in [1.54, 1.807) is 36.2 Å². The second-order valence-corrected chi connectivity index (χ2v) is 6.83. The van der Waals surface area contributed by atoms with Crippen molar-refractivity contribution in [2.45, 2.75) is 12.8 Å². The van der Waals surface area contributed by atoms with E-state index in [2.05, 4.69) is 5.32 Å². The molecule has 3 amide bonds. The molecule has 7 nitrogen and oxygen atoms in total. The molecule has 1 aromatic carbocycles. The van der Waals surface area contributed by atoms with Gasteiger partial charge in [0.25, 0.3) is 11.8 Å². The molecule has 0 spiro atoms. The Kier molecular flexibility index (Phi) is 6.78. The summed E-state index contributed by atoms with van der Waals surface area (Å²) in [5.74, 6) is -0.931. The van der Waals surface area contributed by atoms with E-state index < -0.39 is 0 Å². The number of primary amides is 1. The van der Waals surface area contributed by atoms with E-state index in [1.807, 2.05) is 0 Å². The smallest absolute Gasteiger partial charge is 0.279 e. The molecule has 2 atom stereocenters. The number of halogens is 1. The summed E-state index contributed by atoms with van der Waals surface area (Å²) in [6.45, 7) is 1.32. The molecule has 0 aliphatic carbocycles. The van der Waals surface area contributed by atoms with Crippen LogP contribution >= 0.6 is 11.6 Å². The zero-order valence-electron chi connectivity index (χ0n) is 14.3. The number of carbonyl (C=O) groups is 3. The van der Waals surface area contributed by atoms with Gasteiger partial charge in [-0.2, -0.15) is 0 Å². The largest absolute Gasteiger partial charge is 0.369 e. The Bertz CT molecular complexity index is 653. The molecule has 1 aromatic rings. The van der Waals surface area contributed by atoms with Gasteiger partial charge in [0, 0.05) is 13.1 Å². The molecule has 4 N–H and O–H groups in total. The molecule has 0 bridgehead atoms. The summed E-state index contributed by atoms with van der Waals surface area (Å²) in [7, 11) is 1.78. The maximum Gasteiger partial charge on any atom is 0.279 e. The van der Waals surface area contributed by atoms with Crippen LogP contribution in [0.3, 0.4) is 0 Å². The lowest BCUT2D eigenvalue weighted by atomic mass is 9.97. The predicted molar refractivity (Wildman–Crippen MR) is 95.2 cm³/mol. The molecule has 136 valence electrons. The Balaban J connectivity index is 1.82. The molecule has 1 unspecified atom stereocenters. The van der Waals surface area contributed by atoms with Gasteiger partial charge in [-0.3, -0.25) is 14.4 Å². The number of piperidine rings is 1. The van der Waals surface area contributed by atoms with Gasteiger partial charge < -0.3 is 20.9 Å². The summed E-state index contributed by atoms with van der Waals surface area (Å²) in [4.78, 5) is 38.2. The van der Waals surface area contributed by atoms with Crippen molar-refractivity contribution in [3.63, 3.8) is 0 Å². The van der Waals surface area contributed by atoms with Gasteiger partial charge in [-0.25, -0.2) is 0 Å². The Labute approximate surface area is 152 Å². The number of anilines is 1. The van der Waals surface area contributed by atoms with Gasteiger partial charge in [-0.15, -0.1) is 0 Å². The zero-order valence-corrected chi connectivity index (χ0v) is 15.0. The average Bonchev–Trinajstić information content (AvgIpc) is 2.56. The number of nitrogens with two attached hydrogens (primary N) is 1. The van der Waals surface area contributed by atoms with Gasteiger partial charge in [0.15, 0.2) is 13.1 Å². The molecule has 0 radical (unpaired) electrons. The van der Waals surface area contributed by atoms with Crippen molar-refractivity contribution in [1.29, 1.82) is 0 Å². The molecule has 0 saturated carbocycles. The van der Waals surface area contributed by atoms with Crippen molar-refractivity contribution in [3.8, 4) is 0 Å². The monoisotopic (exact) mass is 367 g/mol. The highest BCUT2D eigenvalue weighted by atomic mass is 35.5. The van der Waals surface area contributed by atoms with Crippen LogP contribution in [0.2, 0.25) is 5.02 Å². The van der Waals surface area contributed by atoms with Crippen LogP contribution in [0.25, 0.3) is 0 Å². The number of nitrogens with zero attached hydrogens (tertiary/aromatic N) is 1.